The lowest BCUT2D eigenvalue weighted by atomic mass is 10.1. The number of nitrogens with zero attached hydrogens (tertiary/aromatic N) is 5. The van der Waals surface area contributed by atoms with Crippen LogP contribution in [-0.4, -0.2) is 41.3 Å². The van der Waals surface area contributed by atoms with E-state index in [2.05, 4.69) is 20.4 Å². The molecule has 1 fully saturated rings. The van der Waals surface area contributed by atoms with Gasteiger partial charge in [0.25, 0.3) is 5.91 Å². The Bertz CT molecular complexity index is 1420. The summed E-state index contributed by atoms with van der Waals surface area (Å²) >= 11 is 0. The Morgan fingerprint density at radius 2 is 2.00 bits per heavy atom. The van der Waals surface area contributed by atoms with Crippen molar-refractivity contribution in [3.05, 3.63) is 65.8 Å². The summed E-state index contributed by atoms with van der Waals surface area (Å²) in [5.41, 5.74) is 3.05. The number of pyridine rings is 1. The van der Waals surface area contributed by atoms with Crippen LogP contribution >= 0.6 is 0 Å². The summed E-state index contributed by atoms with van der Waals surface area (Å²) in [6.07, 6.45) is 8.95. The summed E-state index contributed by atoms with van der Waals surface area (Å²) in [7, 11) is 1.78. The summed E-state index contributed by atoms with van der Waals surface area (Å²) in [4.78, 5) is 33.8. The Labute approximate surface area is 200 Å². The fourth-order valence-corrected chi connectivity index (χ4v) is 4.81. The van der Waals surface area contributed by atoms with Crippen LogP contribution in [0.3, 0.4) is 0 Å². The van der Waals surface area contributed by atoms with E-state index in [4.69, 9.17) is 0 Å². The number of carbonyl (C=O) groups is 2. The maximum atomic E-state index is 14.3. The van der Waals surface area contributed by atoms with Gasteiger partial charge in [-0.1, -0.05) is 12.8 Å². The first-order valence-electron chi connectivity index (χ1n) is 11.5. The fraction of sp³-hybridized carbons (Fsp3) is 0.320. The molecule has 0 saturated heterocycles. The molecule has 1 aliphatic carbocycles. The van der Waals surface area contributed by atoms with Gasteiger partial charge in [0.15, 0.2) is 5.69 Å². The first-order chi connectivity index (χ1) is 16.9. The van der Waals surface area contributed by atoms with Gasteiger partial charge in [-0.3, -0.25) is 14.3 Å². The van der Waals surface area contributed by atoms with Crippen LogP contribution in [-0.2, 0) is 24.9 Å². The minimum atomic E-state index is -1.01. The van der Waals surface area contributed by atoms with Crippen LogP contribution in [0.4, 0.5) is 4.39 Å². The van der Waals surface area contributed by atoms with E-state index in [1.54, 1.807) is 40.8 Å². The largest absolute Gasteiger partial charge is 0.480 e. The minimum Gasteiger partial charge on any atom is -0.480 e. The number of hydrogen-bond donors (Lipinski definition) is 2. The molecular formula is C25H25FN6O3. The molecule has 180 valence electrons. The van der Waals surface area contributed by atoms with E-state index in [1.165, 1.54) is 18.3 Å². The zero-order valence-corrected chi connectivity index (χ0v) is 19.2. The van der Waals surface area contributed by atoms with E-state index >= 15 is 0 Å². The molecular weight excluding hydrogens is 451 g/mol. The van der Waals surface area contributed by atoms with Gasteiger partial charge in [-0.25, -0.2) is 14.4 Å². The van der Waals surface area contributed by atoms with Crippen molar-refractivity contribution in [2.75, 3.05) is 0 Å². The van der Waals surface area contributed by atoms with Crippen molar-refractivity contribution in [1.82, 2.24) is 29.6 Å². The number of amides is 1. The van der Waals surface area contributed by atoms with Crippen molar-refractivity contribution in [2.24, 2.45) is 7.05 Å². The summed E-state index contributed by atoms with van der Waals surface area (Å²) in [6.45, 7) is -0.225. The van der Waals surface area contributed by atoms with Crippen LogP contribution in [0.1, 0.15) is 53.5 Å². The van der Waals surface area contributed by atoms with Gasteiger partial charge in [0.05, 0.1) is 11.7 Å². The third-order valence-electron chi connectivity index (χ3n) is 6.36. The zero-order chi connectivity index (χ0) is 24.5. The predicted octanol–water partition coefficient (Wildman–Crippen LogP) is 3.64. The van der Waals surface area contributed by atoms with Gasteiger partial charge in [-0.15, -0.1) is 0 Å². The van der Waals surface area contributed by atoms with Gasteiger partial charge >= 0.3 is 5.97 Å². The van der Waals surface area contributed by atoms with Gasteiger partial charge < -0.3 is 15.0 Å². The van der Waals surface area contributed by atoms with Crippen LogP contribution in [0.15, 0.2) is 42.9 Å². The Morgan fingerprint density at radius 1 is 1.20 bits per heavy atom. The van der Waals surface area contributed by atoms with Crippen LogP contribution in [0.25, 0.3) is 22.2 Å². The Hall–Kier alpha value is -4.08. The van der Waals surface area contributed by atoms with Gasteiger partial charge in [0.2, 0.25) is 0 Å². The van der Waals surface area contributed by atoms with Gasteiger partial charge in [0.1, 0.15) is 23.7 Å². The topological polar surface area (TPSA) is 115 Å². The van der Waals surface area contributed by atoms with Crippen molar-refractivity contribution in [3.63, 3.8) is 0 Å². The molecule has 0 atom stereocenters. The molecule has 1 aromatic carbocycles. The van der Waals surface area contributed by atoms with Gasteiger partial charge in [-0.2, -0.15) is 5.10 Å². The average molecular weight is 477 g/mol. The number of aliphatic carboxylic acids is 1. The number of fused-ring (bicyclic) bond motifs is 1. The second-order valence-corrected chi connectivity index (χ2v) is 8.89. The molecule has 4 aromatic rings. The highest BCUT2D eigenvalue weighted by atomic mass is 19.1. The van der Waals surface area contributed by atoms with E-state index in [0.717, 1.165) is 31.2 Å². The van der Waals surface area contributed by atoms with Crippen LogP contribution in [0.5, 0.6) is 0 Å². The van der Waals surface area contributed by atoms with Crippen molar-refractivity contribution < 1.29 is 19.1 Å². The number of aromatic nitrogens is 5. The number of benzene rings is 1. The molecule has 2 N–H and O–H groups in total. The molecule has 3 heterocycles. The normalized spacial score (nSPS) is 14.0. The van der Waals surface area contributed by atoms with E-state index in [9.17, 15) is 19.1 Å². The first kappa shape index (κ1) is 22.7. The molecule has 1 amide bonds. The third-order valence-corrected chi connectivity index (χ3v) is 6.36. The van der Waals surface area contributed by atoms with Crippen LogP contribution in [0, 0.1) is 5.82 Å². The lowest BCUT2D eigenvalue weighted by Crippen LogP contribution is -2.25. The van der Waals surface area contributed by atoms with Crippen molar-refractivity contribution in [3.8, 4) is 11.1 Å². The number of nitrogens with one attached hydrogen (secondary N) is 1. The number of hydrogen-bond acceptors (Lipinski definition) is 5. The highest BCUT2D eigenvalue weighted by Crippen LogP contribution is 2.35. The molecule has 35 heavy (non-hydrogen) atoms. The number of carbonyl (C=O) groups excluding carboxylic acids is 1. The van der Waals surface area contributed by atoms with Crippen molar-refractivity contribution in [1.29, 1.82) is 0 Å². The quantitative estimate of drug-likeness (QED) is 0.421. The molecule has 9 nitrogen and oxygen atoms in total. The summed E-state index contributed by atoms with van der Waals surface area (Å²) in [5.74, 6) is -1.06. The lowest BCUT2D eigenvalue weighted by molar-refractivity contribution is -0.137. The molecule has 1 saturated carbocycles. The molecule has 10 heteroatoms. The van der Waals surface area contributed by atoms with E-state index < -0.39 is 17.7 Å². The minimum absolute atomic E-state index is 0.0739. The molecule has 0 bridgehead atoms. The standard InChI is InChI=1S/C25H25FN6O3/c1-31-13-18(12-29-31)17-8-15(9-19(26)10-17)11-28-25(35)22-23-20(6-7-27-22)30-24(16-4-2-3-5-16)32(23)14-21(33)34/h6-10,12-13,16H,2-5,11,14H2,1H3,(H,28,35)(H,33,34). The molecule has 1 aliphatic rings. The van der Waals surface area contributed by atoms with Gasteiger partial charge in [0, 0.05) is 37.5 Å². The zero-order valence-electron chi connectivity index (χ0n) is 19.2. The summed E-state index contributed by atoms with van der Waals surface area (Å²) < 4.78 is 17.5. The highest BCUT2D eigenvalue weighted by Gasteiger charge is 2.27. The maximum absolute atomic E-state index is 14.3. The van der Waals surface area contributed by atoms with Crippen molar-refractivity contribution in [2.45, 2.75) is 44.7 Å². The molecule has 0 radical (unpaired) electrons. The predicted molar refractivity (Wildman–Crippen MR) is 126 cm³/mol. The SMILES string of the molecule is Cn1cc(-c2cc(F)cc(CNC(=O)c3nccc4nc(C5CCCC5)n(CC(=O)O)c34)c2)cn1. The fourth-order valence-electron chi connectivity index (χ4n) is 4.81. The number of aryl methyl sites for hydroxylation is 1. The molecule has 0 unspecified atom stereocenters. The highest BCUT2D eigenvalue weighted by molar-refractivity contribution is 6.03. The van der Waals surface area contributed by atoms with Crippen LogP contribution in [0.2, 0.25) is 0 Å². The number of imidazole rings is 1. The smallest absolute Gasteiger partial charge is 0.323 e. The second-order valence-electron chi connectivity index (χ2n) is 8.89. The number of rotatable bonds is 7. The monoisotopic (exact) mass is 476 g/mol. The molecule has 5 rings (SSSR count). The van der Waals surface area contributed by atoms with E-state index in [0.29, 0.717) is 28.0 Å². The third kappa shape index (κ3) is 4.64. The van der Waals surface area contributed by atoms with Gasteiger partial charge in [-0.05, 0) is 48.2 Å². The Balaban J connectivity index is 1.44. The summed E-state index contributed by atoms with van der Waals surface area (Å²) in [6, 6.07) is 6.26. The maximum Gasteiger partial charge on any atom is 0.323 e. The lowest BCUT2D eigenvalue weighted by Gasteiger charge is -2.13. The summed E-state index contributed by atoms with van der Waals surface area (Å²) in [5, 5.41) is 16.5. The number of halogens is 1. The Morgan fingerprint density at radius 3 is 2.71 bits per heavy atom. The molecule has 0 aliphatic heterocycles. The Kier molecular flexibility index (Phi) is 6.02. The first-order valence-corrected chi connectivity index (χ1v) is 11.5. The number of carboxylic acids is 1. The van der Waals surface area contributed by atoms with Crippen LogP contribution < -0.4 is 5.32 Å². The second kappa shape index (κ2) is 9.28. The molecule has 3 aromatic heterocycles. The average Bonchev–Trinajstić information content (AvgIpc) is 3.57. The number of carboxylic acid groups (broad SMARTS) is 1. The van der Waals surface area contributed by atoms with E-state index in [1.807, 2.05) is 0 Å². The van der Waals surface area contributed by atoms with Crippen molar-refractivity contribution >= 4 is 22.9 Å². The van der Waals surface area contributed by atoms with E-state index in [-0.39, 0.29) is 24.7 Å². The molecule has 0 spiro atoms.